The maximum absolute atomic E-state index is 5.77. The molecule has 0 aromatic heterocycles. The topological polar surface area (TPSA) is 30.5 Å². The van der Waals surface area contributed by atoms with Crippen molar-refractivity contribution in [2.45, 2.75) is 70.7 Å². The van der Waals surface area contributed by atoms with E-state index in [1.165, 1.54) is 19.3 Å². The predicted octanol–water partition coefficient (Wildman–Crippen LogP) is 2.35. The molecule has 2 aliphatic rings. The highest BCUT2D eigenvalue weighted by Gasteiger charge is 2.50. The van der Waals surface area contributed by atoms with Crippen LogP contribution in [0.5, 0.6) is 0 Å². The minimum absolute atomic E-state index is 0.261. The summed E-state index contributed by atoms with van der Waals surface area (Å²) >= 11 is 0. The first-order valence-corrected chi connectivity index (χ1v) is 7.00. The molecule has 3 nitrogen and oxygen atoms in total. The average Bonchev–Trinajstić information content (AvgIpc) is 2.75. The molecule has 4 atom stereocenters. The minimum Gasteiger partial charge on any atom is -0.380 e. The van der Waals surface area contributed by atoms with Gasteiger partial charge in [-0.2, -0.15) is 0 Å². The van der Waals surface area contributed by atoms with Crippen molar-refractivity contribution < 1.29 is 9.47 Å². The van der Waals surface area contributed by atoms with Crippen LogP contribution in [0.15, 0.2) is 0 Å². The van der Waals surface area contributed by atoms with Crippen LogP contribution in [0.4, 0.5) is 0 Å². The standard InChI is InChI=1S/C14H27NO2/c1-5-17-13-9-12(14(13,2)3)15-10-7-6-8-11(10)16-4/h10-13,15H,5-9H2,1-4H3. The van der Waals surface area contributed by atoms with Crippen LogP contribution in [0.3, 0.4) is 0 Å². The highest BCUT2D eigenvalue weighted by molar-refractivity contribution is 5.04. The molecular weight excluding hydrogens is 214 g/mol. The van der Waals surface area contributed by atoms with Crippen LogP contribution >= 0.6 is 0 Å². The van der Waals surface area contributed by atoms with E-state index in [0.29, 0.717) is 24.3 Å². The first-order chi connectivity index (χ1) is 8.09. The summed E-state index contributed by atoms with van der Waals surface area (Å²) in [6, 6.07) is 1.13. The molecule has 2 rings (SSSR count). The van der Waals surface area contributed by atoms with Crippen molar-refractivity contribution in [2.24, 2.45) is 5.41 Å². The zero-order valence-corrected chi connectivity index (χ0v) is 11.7. The Morgan fingerprint density at radius 3 is 2.65 bits per heavy atom. The van der Waals surface area contributed by atoms with Crippen LogP contribution in [-0.4, -0.2) is 38.0 Å². The van der Waals surface area contributed by atoms with Crippen LogP contribution in [-0.2, 0) is 9.47 Å². The third-order valence-electron chi connectivity index (χ3n) is 4.72. The van der Waals surface area contributed by atoms with Crippen LogP contribution in [0.2, 0.25) is 0 Å². The second kappa shape index (κ2) is 5.25. The molecule has 0 heterocycles. The fraction of sp³-hybridized carbons (Fsp3) is 1.00. The quantitative estimate of drug-likeness (QED) is 0.801. The maximum Gasteiger partial charge on any atom is 0.0724 e. The maximum atomic E-state index is 5.77. The number of rotatable bonds is 5. The number of ether oxygens (including phenoxy) is 2. The minimum atomic E-state index is 0.261. The van der Waals surface area contributed by atoms with E-state index in [2.05, 4.69) is 26.1 Å². The Bertz CT molecular complexity index is 255. The highest BCUT2D eigenvalue weighted by atomic mass is 16.5. The van der Waals surface area contributed by atoms with Crippen molar-refractivity contribution in [1.29, 1.82) is 0 Å². The second-order valence-corrected chi connectivity index (χ2v) is 6.03. The lowest BCUT2D eigenvalue weighted by Gasteiger charge is -2.53. The summed E-state index contributed by atoms with van der Waals surface area (Å²) in [6.07, 6.45) is 5.73. The van der Waals surface area contributed by atoms with E-state index in [1.54, 1.807) is 0 Å². The first-order valence-electron chi connectivity index (χ1n) is 7.00. The molecule has 1 N–H and O–H groups in total. The van der Waals surface area contributed by atoms with Crippen LogP contribution < -0.4 is 5.32 Å². The number of methoxy groups -OCH3 is 1. The predicted molar refractivity (Wildman–Crippen MR) is 69.2 cm³/mol. The van der Waals surface area contributed by atoms with Gasteiger partial charge in [0.1, 0.15) is 0 Å². The molecule has 0 radical (unpaired) electrons. The molecule has 3 heteroatoms. The summed E-state index contributed by atoms with van der Waals surface area (Å²) in [5.74, 6) is 0. The Labute approximate surface area is 105 Å². The second-order valence-electron chi connectivity index (χ2n) is 6.03. The summed E-state index contributed by atoms with van der Waals surface area (Å²) in [7, 11) is 1.83. The van der Waals surface area contributed by atoms with Gasteiger partial charge in [-0.25, -0.2) is 0 Å². The third kappa shape index (κ3) is 2.51. The van der Waals surface area contributed by atoms with Crippen LogP contribution in [0.25, 0.3) is 0 Å². The molecule has 0 spiro atoms. The van der Waals surface area contributed by atoms with Gasteiger partial charge >= 0.3 is 0 Å². The van der Waals surface area contributed by atoms with Crippen molar-refractivity contribution in [3.63, 3.8) is 0 Å². The van der Waals surface area contributed by atoms with Crippen molar-refractivity contribution >= 4 is 0 Å². The summed E-state index contributed by atoms with van der Waals surface area (Å²) in [4.78, 5) is 0. The Hall–Kier alpha value is -0.120. The summed E-state index contributed by atoms with van der Waals surface area (Å²) in [5, 5.41) is 3.79. The van der Waals surface area contributed by atoms with Crippen molar-refractivity contribution in [1.82, 2.24) is 5.32 Å². The molecule has 0 aliphatic heterocycles. The van der Waals surface area contributed by atoms with E-state index in [4.69, 9.17) is 9.47 Å². The van der Waals surface area contributed by atoms with Gasteiger partial charge in [0.2, 0.25) is 0 Å². The van der Waals surface area contributed by atoms with Crippen molar-refractivity contribution in [3.8, 4) is 0 Å². The highest BCUT2D eigenvalue weighted by Crippen LogP contribution is 2.43. The largest absolute Gasteiger partial charge is 0.380 e. The third-order valence-corrected chi connectivity index (χ3v) is 4.72. The fourth-order valence-electron chi connectivity index (χ4n) is 3.31. The van der Waals surface area contributed by atoms with Gasteiger partial charge in [0.25, 0.3) is 0 Å². The van der Waals surface area contributed by atoms with Gasteiger partial charge in [0, 0.05) is 31.2 Å². The molecule has 0 bridgehead atoms. The van der Waals surface area contributed by atoms with Gasteiger partial charge in [-0.05, 0) is 32.6 Å². The molecule has 2 saturated carbocycles. The Balaban J connectivity index is 1.85. The van der Waals surface area contributed by atoms with Gasteiger partial charge in [0.05, 0.1) is 12.2 Å². The van der Waals surface area contributed by atoms with E-state index in [9.17, 15) is 0 Å². The van der Waals surface area contributed by atoms with Crippen LogP contribution in [0, 0.1) is 5.41 Å². The van der Waals surface area contributed by atoms with Crippen LogP contribution in [0.1, 0.15) is 46.5 Å². The van der Waals surface area contributed by atoms with Gasteiger partial charge in [-0.15, -0.1) is 0 Å². The Morgan fingerprint density at radius 1 is 1.29 bits per heavy atom. The van der Waals surface area contributed by atoms with E-state index in [0.717, 1.165) is 13.0 Å². The molecule has 0 amide bonds. The van der Waals surface area contributed by atoms with E-state index in [-0.39, 0.29) is 5.41 Å². The molecule has 100 valence electrons. The molecular formula is C14H27NO2. The summed E-state index contributed by atoms with van der Waals surface area (Å²) in [5.41, 5.74) is 0.261. The van der Waals surface area contributed by atoms with E-state index < -0.39 is 0 Å². The molecule has 2 fully saturated rings. The molecule has 17 heavy (non-hydrogen) atoms. The summed E-state index contributed by atoms with van der Waals surface area (Å²) < 4.78 is 11.3. The fourth-order valence-corrected chi connectivity index (χ4v) is 3.31. The average molecular weight is 241 g/mol. The lowest BCUT2D eigenvalue weighted by molar-refractivity contribution is -0.119. The van der Waals surface area contributed by atoms with Gasteiger partial charge < -0.3 is 14.8 Å². The lowest BCUT2D eigenvalue weighted by atomic mass is 9.64. The normalized spacial score (nSPS) is 40.2. The SMILES string of the molecule is CCOC1CC(NC2CCCC2OC)C1(C)C. The molecule has 2 aliphatic carbocycles. The zero-order valence-electron chi connectivity index (χ0n) is 11.7. The van der Waals surface area contributed by atoms with Gasteiger partial charge in [-0.1, -0.05) is 13.8 Å². The number of hydrogen-bond donors (Lipinski definition) is 1. The van der Waals surface area contributed by atoms with Crippen molar-refractivity contribution in [3.05, 3.63) is 0 Å². The Kier molecular flexibility index (Phi) is 4.11. The smallest absolute Gasteiger partial charge is 0.0724 e. The molecule has 0 saturated heterocycles. The van der Waals surface area contributed by atoms with E-state index >= 15 is 0 Å². The number of nitrogens with one attached hydrogen (secondary N) is 1. The van der Waals surface area contributed by atoms with E-state index in [1.807, 2.05) is 7.11 Å². The van der Waals surface area contributed by atoms with Gasteiger partial charge in [0.15, 0.2) is 0 Å². The monoisotopic (exact) mass is 241 g/mol. The zero-order chi connectivity index (χ0) is 12.5. The van der Waals surface area contributed by atoms with Gasteiger partial charge in [-0.3, -0.25) is 0 Å². The molecule has 4 unspecified atom stereocenters. The first kappa shape index (κ1) is 13.3. The number of hydrogen-bond acceptors (Lipinski definition) is 3. The molecule has 0 aromatic rings. The van der Waals surface area contributed by atoms with Crippen molar-refractivity contribution in [2.75, 3.05) is 13.7 Å². The summed E-state index contributed by atoms with van der Waals surface area (Å²) in [6.45, 7) is 7.52. The Morgan fingerprint density at radius 2 is 2.06 bits per heavy atom. The molecule has 0 aromatic carbocycles. The lowest BCUT2D eigenvalue weighted by Crippen LogP contribution is -2.63.